The SMILES string of the molecule is COc1c(C)cnc(CNC(=O)CCn2c(-c3cccc(C)c3)n[nH]c2=S)c1C. The first-order valence-corrected chi connectivity index (χ1v) is 9.79. The smallest absolute Gasteiger partial charge is 0.222 e. The summed E-state index contributed by atoms with van der Waals surface area (Å²) in [6.07, 6.45) is 2.04. The van der Waals surface area contributed by atoms with Crippen LogP contribution in [0.3, 0.4) is 0 Å². The monoisotopic (exact) mass is 411 g/mol. The molecule has 0 saturated heterocycles. The zero-order chi connectivity index (χ0) is 21.0. The molecule has 1 amide bonds. The van der Waals surface area contributed by atoms with Crippen molar-refractivity contribution in [2.45, 2.75) is 40.3 Å². The molecule has 0 aliphatic heterocycles. The lowest BCUT2D eigenvalue weighted by Gasteiger charge is -2.13. The normalized spacial score (nSPS) is 10.8. The van der Waals surface area contributed by atoms with Crippen LogP contribution in [0.5, 0.6) is 5.75 Å². The van der Waals surface area contributed by atoms with Crippen molar-refractivity contribution in [3.63, 3.8) is 0 Å². The second-order valence-electron chi connectivity index (χ2n) is 6.95. The Balaban J connectivity index is 1.65. The molecule has 1 aromatic carbocycles. The highest BCUT2D eigenvalue weighted by Gasteiger charge is 2.13. The van der Waals surface area contributed by atoms with Gasteiger partial charge in [-0.05, 0) is 39.1 Å². The van der Waals surface area contributed by atoms with Crippen LogP contribution < -0.4 is 10.1 Å². The van der Waals surface area contributed by atoms with Crippen molar-refractivity contribution in [2.24, 2.45) is 0 Å². The van der Waals surface area contributed by atoms with Gasteiger partial charge in [-0.25, -0.2) is 0 Å². The van der Waals surface area contributed by atoms with Gasteiger partial charge in [-0.3, -0.25) is 19.4 Å². The topological polar surface area (TPSA) is 84.8 Å². The van der Waals surface area contributed by atoms with Gasteiger partial charge in [-0.15, -0.1) is 0 Å². The Kier molecular flexibility index (Phi) is 6.43. The number of pyridine rings is 1. The number of benzene rings is 1. The van der Waals surface area contributed by atoms with Crippen LogP contribution >= 0.6 is 12.2 Å². The van der Waals surface area contributed by atoms with Crippen LogP contribution in [0.25, 0.3) is 11.4 Å². The van der Waals surface area contributed by atoms with Gasteiger partial charge in [0, 0.05) is 35.9 Å². The lowest BCUT2D eigenvalue weighted by molar-refractivity contribution is -0.121. The molecule has 2 N–H and O–H groups in total. The van der Waals surface area contributed by atoms with Gasteiger partial charge in [-0.1, -0.05) is 23.8 Å². The molecule has 152 valence electrons. The highest BCUT2D eigenvalue weighted by molar-refractivity contribution is 7.71. The quantitative estimate of drug-likeness (QED) is 0.580. The summed E-state index contributed by atoms with van der Waals surface area (Å²) in [4.78, 5) is 16.8. The maximum atomic E-state index is 12.4. The van der Waals surface area contributed by atoms with Crippen molar-refractivity contribution in [1.82, 2.24) is 25.1 Å². The highest BCUT2D eigenvalue weighted by Crippen LogP contribution is 2.24. The Hall–Kier alpha value is -3.00. The molecule has 0 bridgehead atoms. The van der Waals surface area contributed by atoms with Gasteiger partial charge in [0.2, 0.25) is 5.91 Å². The number of nitrogens with zero attached hydrogens (tertiary/aromatic N) is 3. The molecule has 2 aromatic heterocycles. The van der Waals surface area contributed by atoms with Gasteiger partial charge < -0.3 is 10.1 Å². The van der Waals surface area contributed by atoms with Crippen LogP contribution in [0.4, 0.5) is 0 Å². The highest BCUT2D eigenvalue weighted by atomic mass is 32.1. The fourth-order valence-electron chi connectivity index (χ4n) is 3.26. The van der Waals surface area contributed by atoms with Crippen LogP contribution in [0.1, 0.15) is 28.8 Å². The fourth-order valence-corrected chi connectivity index (χ4v) is 3.49. The largest absolute Gasteiger partial charge is 0.496 e. The maximum Gasteiger partial charge on any atom is 0.222 e. The Bertz CT molecular complexity index is 1090. The lowest BCUT2D eigenvalue weighted by atomic mass is 10.1. The van der Waals surface area contributed by atoms with E-state index in [4.69, 9.17) is 17.0 Å². The summed E-state index contributed by atoms with van der Waals surface area (Å²) >= 11 is 5.35. The van der Waals surface area contributed by atoms with Crippen LogP contribution in [0.15, 0.2) is 30.5 Å². The number of carbonyl (C=O) groups excluding carboxylic acids is 1. The third-order valence-electron chi connectivity index (χ3n) is 4.80. The molecule has 29 heavy (non-hydrogen) atoms. The van der Waals surface area contributed by atoms with Crippen molar-refractivity contribution < 1.29 is 9.53 Å². The number of hydrogen-bond donors (Lipinski definition) is 2. The minimum absolute atomic E-state index is 0.0796. The Morgan fingerprint density at radius 1 is 1.31 bits per heavy atom. The summed E-state index contributed by atoms with van der Waals surface area (Å²) in [6, 6.07) is 8.03. The number of aromatic nitrogens is 4. The summed E-state index contributed by atoms with van der Waals surface area (Å²) < 4.78 is 7.76. The van der Waals surface area contributed by atoms with Crippen molar-refractivity contribution in [3.8, 4) is 17.1 Å². The number of methoxy groups -OCH3 is 1. The number of aryl methyl sites for hydroxylation is 2. The predicted octanol–water partition coefficient (Wildman–Crippen LogP) is 3.64. The van der Waals surface area contributed by atoms with Crippen molar-refractivity contribution >= 4 is 18.1 Å². The van der Waals surface area contributed by atoms with Gasteiger partial charge in [0.05, 0.1) is 19.3 Å². The lowest BCUT2D eigenvalue weighted by Crippen LogP contribution is -2.25. The Morgan fingerprint density at radius 2 is 2.10 bits per heavy atom. The molecule has 8 heteroatoms. The van der Waals surface area contributed by atoms with Gasteiger partial charge in [0.1, 0.15) is 5.75 Å². The predicted molar refractivity (Wildman–Crippen MR) is 114 cm³/mol. The van der Waals surface area contributed by atoms with Crippen LogP contribution in [-0.4, -0.2) is 32.8 Å². The molecule has 3 rings (SSSR count). The summed E-state index contributed by atoms with van der Waals surface area (Å²) in [5.41, 5.74) is 4.80. The molecular formula is C21H25N5O2S. The van der Waals surface area contributed by atoms with Crippen molar-refractivity contribution in [3.05, 3.63) is 57.6 Å². The molecule has 0 aliphatic rings. The van der Waals surface area contributed by atoms with Crippen molar-refractivity contribution in [1.29, 1.82) is 0 Å². The first kappa shape index (κ1) is 20.7. The van der Waals surface area contributed by atoms with E-state index in [1.54, 1.807) is 13.3 Å². The van der Waals surface area contributed by atoms with Gasteiger partial charge >= 0.3 is 0 Å². The third kappa shape index (κ3) is 4.71. The molecule has 0 atom stereocenters. The van der Waals surface area contributed by atoms with E-state index in [1.807, 2.05) is 49.6 Å². The second kappa shape index (κ2) is 9.00. The average Bonchev–Trinajstić information content (AvgIpc) is 3.06. The Labute approximate surface area is 175 Å². The minimum atomic E-state index is -0.0796. The fraction of sp³-hybridized carbons (Fsp3) is 0.333. The number of aromatic amines is 1. The number of hydrogen-bond acceptors (Lipinski definition) is 5. The molecule has 7 nitrogen and oxygen atoms in total. The van der Waals surface area contributed by atoms with E-state index in [0.29, 0.717) is 17.9 Å². The number of H-pyrrole nitrogens is 1. The van der Waals surface area contributed by atoms with Crippen LogP contribution in [-0.2, 0) is 17.9 Å². The molecule has 0 saturated carbocycles. The van der Waals surface area contributed by atoms with Crippen LogP contribution in [0, 0.1) is 25.5 Å². The standard InChI is InChI=1S/C21H25N5O2S/c1-13-6-5-7-16(10-13)20-24-25-21(29)26(20)9-8-18(27)23-12-17-15(3)19(28-4)14(2)11-22-17/h5-7,10-11H,8-9,12H2,1-4H3,(H,23,27)(H,25,29). The maximum absolute atomic E-state index is 12.4. The van der Waals surface area contributed by atoms with E-state index < -0.39 is 0 Å². The van der Waals surface area contributed by atoms with E-state index in [1.165, 1.54) is 0 Å². The molecule has 0 radical (unpaired) electrons. The number of nitrogens with one attached hydrogen (secondary N) is 2. The van der Waals surface area contributed by atoms with Gasteiger partial charge in [0.25, 0.3) is 0 Å². The number of amides is 1. The van der Waals surface area contributed by atoms with E-state index in [0.717, 1.165) is 39.5 Å². The average molecular weight is 412 g/mol. The zero-order valence-electron chi connectivity index (χ0n) is 17.1. The molecular weight excluding hydrogens is 386 g/mol. The number of rotatable bonds is 7. The summed E-state index contributed by atoms with van der Waals surface area (Å²) in [5.74, 6) is 1.45. The van der Waals surface area contributed by atoms with Gasteiger partial charge in [0.15, 0.2) is 10.6 Å². The minimum Gasteiger partial charge on any atom is -0.496 e. The van der Waals surface area contributed by atoms with Gasteiger partial charge in [-0.2, -0.15) is 5.10 Å². The summed E-state index contributed by atoms with van der Waals surface area (Å²) in [7, 11) is 1.64. The molecule has 0 spiro atoms. The van der Waals surface area contributed by atoms with E-state index >= 15 is 0 Å². The zero-order valence-corrected chi connectivity index (χ0v) is 17.9. The third-order valence-corrected chi connectivity index (χ3v) is 5.11. The number of ether oxygens (including phenoxy) is 1. The molecule has 3 aromatic rings. The summed E-state index contributed by atoms with van der Waals surface area (Å²) in [5, 5.41) is 10.1. The molecule has 0 aliphatic carbocycles. The molecule has 0 unspecified atom stereocenters. The first-order chi connectivity index (χ1) is 13.9. The first-order valence-electron chi connectivity index (χ1n) is 9.38. The molecule has 0 fully saturated rings. The van der Waals surface area contributed by atoms with E-state index in [2.05, 4.69) is 20.5 Å². The second-order valence-corrected chi connectivity index (χ2v) is 7.33. The van der Waals surface area contributed by atoms with E-state index in [-0.39, 0.29) is 12.3 Å². The van der Waals surface area contributed by atoms with Crippen molar-refractivity contribution in [2.75, 3.05) is 7.11 Å². The number of carbonyl (C=O) groups is 1. The molecule has 2 heterocycles. The van der Waals surface area contributed by atoms with Crippen LogP contribution in [0.2, 0.25) is 0 Å². The summed E-state index contributed by atoms with van der Waals surface area (Å²) in [6.45, 7) is 6.70. The Morgan fingerprint density at radius 3 is 2.83 bits per heavy atom. The van der Waals surface area contributed by atoms with E-state index in [9.17, 15) is 4.79 Å².